The summed E-state index contributed by atoms with van der Waals surface area (Å²) < 4.78 is 20.1. The van der Waals surface area contributed by atoms with Crippen molar-refractivity contribution in [1.82, 2.24) is 5.32 Å². The van der Waals surface area contributed by atoms with Gasteiger partial charge in [0, 0.05) is 36.8 Å². The van der Waals surface area contributed by atoms with E-state index < -0.39 is 5.67 Å². The molecule has 3 nitrogen and oxygen atoms in total. The van der Waals surface area contributed by atoms with E-state index in [4.69, 9.17) is 4.74 Å². The SMILES string of the molecule is CNC1CCN(c2ccc3c(c2)C(C)(F)CCO3)C1. The molecule has 0 bridgehead atoms. The molecule has 2 aliphatic rings. The first kappa shape index (κ1) is 12.7. The Morgan fingerprint density at radius 3 is 3.05 bits per heavy atom. The van der Waals surface area contributed by atoms with Crippen LogP contribution in [0.15, 0.2) is 18.2 Å². The molecule has 0 amide bonds. The Balaban J connectivity index is 1.89. The van der Waals surface area contributed by atoms with Crippen molar-refractivity contribution >= 4 is 5.69 Å². The maximum Gasteiger partial charge on any atom is 0.140 e. The van der Waals surface area contributed by atoms with Gasteiger partial charge in [-0.3, -0.25) is 0 Å². The van der Waals surface area contributed by atoms with Gasteiger partial charge in [-0.25, -0.2) is 4.39 Å². The minimum Gasteiger partial charge on any atom is -0.493 e. The molecule has 1 fully saturated rings. The largest absolute Gasteiger partial charge is 0.493 e. The quantitative estimate of drug-likeness (QED) is 0.888. The summed E-state index contributed by atoms with van der Waals surface area (Å²) in [6.07, 6.45) is 1.57. The van der Waals surface area contributed by atoms with Crippen molar-refractivity contribution < 1.29 is 9.13 Å². The molecular formula is C15H21FN2O. The Kier molecular flexibility index (Phi) is 3.13. The first-order valence-corrected chi connectivity index (χ1v) is 6.98. The van der Waals surface area contributed by atoms with Crippen LogP contribution in [0.25, 0.3) is 0 Å². The van der Waals surface area contributed by atoms with Crippen molar-refractivity contribution in [3.63, 3.8) is 0 Å². The average Bonchev–Trinajstić information content (AvgIpc) is 2.87. The van der Waals surface area contributed by atoms with Crippen molar-refractivity contribution in [2.75, 3.05) is 31.6 Å². The molecule has 4 heteroatoms. The second kappa shape index (κ2) is 4.67. The van der Waals surface area contributed by atoms with E-state index in [0.29, 0.717) is 30.4 Å². The molecule has 0 saturated carbocycles. The van der Waals surface area contributed by atoms with Gasteiger partial charge in [0.1, 0.15) is 11.4 Å². The maximum atomic E-state index is 14.6. The molecule has 1 aromatic rings. The summed E-state index contributed by atoms with van der Waals surface area (Å²) >= 11 is 0. The van der Waals surface area contributed by atoms with Gasteiger partial charge in [0.15, 0.2) is 0 Å². The molecule has 1 aromatic carbocycles. The zero-order valence-electron chi connectivity index (χ0n) is 11.6. The number of halogens is 1. The van der Waals surface area contributed by atoms with Gasteiger partial charge in [0.2, 0.25) is 0 Å². The fourth-order valence-electron chi connectivity index (χ4n) is 2.97. The third-order valence-electron chi connectivity index (χ3n) is 4.32. The molecule has 1 saturated heterocycles. The van der Waals surface area contributed by atoms with Crippen LogP contribution in [0, 0.1) is 0 Å². The summed E-state index contributed by atoms with van der Waals surface area (Å²) in [6.45, 7) is 4.12. The second-order valence-electron chi connectivity index (χ2n) is 5.70. The van der Waals surface area contributed by atoms with E-state index in [0.717, 1.165) is 25.2 Å². The number of fused-ring (bicyclic) bond motifs is 1. The Morgan fingerprint density at radius 2 is 2.32 bits per heavy atom. The predicted molar refractivity (Wildman–Crippen MR) is 74.7 cm³/mol. The summed E-state index contributed by atoms with van der Waals surface area (Å²) in [6, 6.07) is 6.45. The van der Waals surface area contributed by atoms with Gasteiger partial charge in [0.05, 0.1) is 6.61 Å². The molecule has 0 radical (unpaired) electrons. The van der Waals surface area contributed by atoms with Crippen LogP contribution < -0.4 is 15.0 Å². The van der Waals surface area contributed by atoms with Crippen LogP contribution in [0.4, 0.5) is 10.1 Å². The summed E-state index contributed by atoms with van der Waals surface area (Å²) in [5, 5.41) is 3.30. The van der Waals surface area contributed by atoms with Crippen molar-refractivity contribution in [3.05, 3.63) is 23.8 Å². The Hall–Kier alpha value is -1.29. The number of alkyl halides is 1. The Labute approximate surface area is 113 Å². The molecule has 2 heterocycles. The molecule has 0 spiro atoms. The van der Waals surface area contributed by atoms with E-state index in [9.17, 15) is 4.39 Å². The number of nitrogens with one attached hydrogen (secondary N) is 1. The van der Waals surface area contributed by atoms with Crippen molar-refractivity contribution in [1.29, 1.82) is 0 Å². The lowest BCUT2D eigenvalue weighted by molar-refractivity contribution is 0.110. The predicted octanol–water partition coefficient (Wildman–Crippen LogP) is 2.45. The number of anilines is 1. The van der Waals surface area contributed by atoms with Crippen molar-refractivity contribution in [3.8, 4) is 5.75 Å². The van der Waals surface area contributed by atoms with E-state index >= 15 is 0 Å². The topological polar surface area (TPSA) is 24.5 Å². The number of rotatable bonds is 2. The van der Waals surface area contributed by atoms with Gasteiger partial charge < -0.3 is 15.0 Å². The van der Waals surface area contributed by atoms with E-state index in [-0.39, 0.29) is 0 Å². The highest BCUT2D eigenvalue weighted by molar-refractivity contribution is 5.56. The molecular weight excluding hydrogens is 243 g/mol. The van der Waals surface area contributed by atoms with Crippen LogP contribution in [0.5, 0.6) is 5.75 Å². The molecule has 19 heavy (non-hydrogen) atoms. The molecule has 2 aliphatic heterocycles. The highest BCUT2D eigenvalue weighted by Crippen LogP contribution is 2.41. The smallest absolute Gasteiger partial charge is 0.140 e. The molecule has 104 valence electrons. The highest BCUT2D eigenvalue weighted by atomic mass is 19.1. The minimum absolute atomic E-state index is 0.433. The second-order valence-corrected chi connectivity index (χ2v) is 5.70. The van der Waals surface area contributed by atoms with Crippen LogP contribution in [0.2, 0.25) is 0 Å². The van der Waals surface area contributed by atoms with Gasteiger partial charge >= 0.3 is 0 Å². The lowest BCUT2D eigenvalue weighted by Crippen LogP contribution is -2.30. The summed E-state index contributed by atoms with van der Waals surface area (Å²) in [7, 11) is 1.99. The number of ether oxygens (including phenoxy) is 1. The third kappa shape index (κ3) is 2.29. The molecule has 2 atom stereocenters. The van der Waals surface area contributed by atoms with E-state index in [1.54, 1.807) is 6.92 Å². The zero-order valence-corrected chi connectivity index (χ0v) is 11.6. The molecule has 0 aliphatic carbocycles. The maximum absolute atomic E-state index is 14.6. The monoisotopic (exact) mass is 264 g/mol. The molecule has 0 aromatic heterocycles. The highest BCUT2D eigenvalue weighted by Gasteiger charge is 2.34. The fourth-order valence-corrected chi connectivity index (χ4v) is 2.97. The Morgan fingerprint density at radius 1 is 1.47 bits per heavy atom. The molecule has 3 rings (SSSR count). The molecule has 2 unspecified atom stereocenters. The minimum atomic E-state index is -1.27. The van der Waals surface area contributed by atoms with Crippen LogP contribution >= 0.6 is 0 Å². The zero-order chi connectivity index (χ0) is 13.5. The average molecular weight is 264 g/mol. The standard InChI is InChI=1S/C15H21FN2O/c1-15(16)6-8-19-14-4-3-12(9-13(14)15)18-7-5-11(10-18)17-2/h3-4,9,11,17H,5-8,10H2,1-2H3. The van der Waals surface area contributed by atoms with Crippen LogP contribution in [0.3, 0.4) is 0 Å². The summed E-state index contributed by atoms with van der Waals surface area (Å²) in [5.74, 6) is 0.698. The van der Waals surface area contributed by atoms with Gasteiger partial charge in [-0.1, -0.05) is 0 Å². The van der Waals surface area contributed by atoms with E-state index in [1.165, 1.54) is 0 Å². The molecule has 1 N–H and O–H groups in total. The van der Waals surface area contributed by atoms with Crippen molar-refractivity contribution in [2.45, 2.75) is 31.5 Å². The number of hydrogen-bond acceptors (Lipinski definition) is 3. The third-order valence-corrected chi connectivity index (χ3v) is 4.32. The number of likely N-dealkylation sites (N-methyl/N-ethyl adjacent to an activating group) is 1. The van der Waals surface area contributed by atoms with E-state index in [2.05, 4.69) is 10.2 Å². The normalized spacial score (nSPS) is 30.1. The first-order valence-electron chi connectivity index (χ1n) is 6.98. The van der Waals surface area contributed by atoms with Crippen LogP contribution in [-0.4, -0.2) is 32.8 Å². The fraction of sp³-hybridized carbons (Fsp3) is 0.600. The van der Waals surface area contributed by atoms with Crippen LogP contribution in [0.1, 0.15) is 25.3 Å². The van der Waals surface area contributed by atoms with Gasteiger partial charge in [-0.2, -0.15) is 0 Å². The van der Waals surface area contributed by atoms with Gasteiger partial charge in [-0.05, 0) is 38.6 Å². The summed E-state index contributed by atoms with van der Waals surface area (Å²) in [5.41, 5.74) is 0.529. The van der Waals surface area contributed by atoms with Crippen LogP contribution in [-0.2, 0) is 5.67 Å². The lowest BCUT2D eigenvalue weighted by Gasteiger charge is -2.30. The van der Waals surface area contributed by atoms with Gasteiger partial charge in [0.25, 0.3) is 0 Å². The van der Waals surface area contributed by atoms with Gasteiger partial charge in [-0.15, -0.1) is 0 Å². The van der Waals surface area contributed by atoms with E-state index in [1.807, 2.05) is 25.2 Å². The number of nitrogens with zero attached hydrogens (tertiary/aromatic N) is 1. The number of benzene rings is 1. The lowest BCUT2D eigenvalue weighted by atomic mass is 9.91. The Bertz CT molecular complexity index is 475. The van der Waals surface area contributed by atoms with Crippen molar-refractivity contribution in [2.24, 2.45) is 0 Å². The summed E-state index contributed by atoms with van der Waals surface area (Å²) in [4.78, 5) is 2.31. The number of hydrogen-bond donors (Lipinski definition) is 1. The first-order chi connectivity index (χ1) is 9.10.